The molecule has 0 aliphatic carbocycles. The van der Waals surface area contributed by atoms with Gasteiger partial charge in [0, 0.05) is 11.1 Å². The van der Waals surface area contributed by atoms with Crippen molar-refractivity contribution >= 4 is 22.4 Å². The van der Waals surface area contributed by atoms with Crippen molar-refractivity contribution in [3.05, 3.63) is 46.5 Å². The summed E-state index contributed by atoms with van der Waals surface area (Å²) in [5.41, 5.74) is 2.38. The van der Waals surface area contributed by atoms with E-state index in [1.165, 1.54) is 29.7 Å². The number of nitrogens with zero attached hydrogens (tertiary/aromatic N) is 1. The first kappa shape index (κ1) is 14.7. The fraction of sp³-hybridized carbons (Fsp3) is 0.375. The van der Waals surface area contributed by atoms with Crippen LogP contribution in [0.2, 0.25) is 0 Å². The first-order valence-electron chi connectivity index (χ1n) is 6.97. The molecule has 106 valence electrons. The molecule has 0 unspecified atom stereocenters. The number of rotatable bonds is 6. The van der Waals surface area contributed by atoms with E-state index >= 15 is 0 Å². The van der Waals surface area contributed by atoms with Crippen LogP contribution in [-0.4, -0.2) is 10.9 Å². The average Bonchev–Trinajstić information content (AvgIpc) is 2.83. The minimum absolute atomic E-state index is 0.0133. The van der Waals surface area contributed by atoms with Gasteiger partial charge >= 0.3 is 0 Å². The fourth-order valence-corrected chi connectivity index (χ4v) is 2.65. The van der Waals surface area contributed by atoms with E-state index in [9.17, 15) is 4.79 Å². The molecule has 0 spiro atoms. The lowest BCUT2D eigenvalue weighted by atomic mass is 10.0. The standard InChI is InChI=1S/C16H20N2OS/c1-3-4-5-13-6-8-14(9-7-13)10-15(19)18-16-17-11-12(2)20-16/h6-9,11H,3-5,10H2,1-2H3,(H,17,18,19). The maximum atomic E-state index is 11.9. The second-order valence-electron chi connectivity index (χ2n) is 4.92. The number of carbonyl (C=O) groups excluding carboxylic acids is 1. The molecule has 1 aromatic heterocycles. The van der Waals surface area contributed by atoms with Crippen LogP contribution in [0, 0.1) is 6.92 Å². The minimum Gasteiger partial charge on any atom is -0.302 e. The summed E-state index contributed by atoms with van der Waals surface area (Å²) >= 11 is 1.50. The van der Waals surface area contributed by atoms with Gasteiger partial charge in [-0.2, -0.15) is 0 Å². The zero-order valence-corrected chi connectivity index (χ0v) is 12.8. The molecular weight excluding hydrogens is 268 g/mol. The van der Waals surface area contributed by atoms with E-state index in [0.717, 1.165) is 16.9 Å². The molecule has 1 amide bonds. The van der Waals surface area contributed by atoms with Gasteiger partial charge in [0.1, 0.15) is 0 Å². The normalized spacial score (nSPS) is 10.5. The van der Waals surface area contributed by atoms with Gasteiger partial charge in [0.2, 0.25) is 5.91 Å². The third-order valence-corrected chi connectivity index (χ3v) is 3.90. The number of unbranched alkanes of at least 4 members (excludes halogenated alkanes) is 1. The third kappa shape index (κ3) is 4.46. The first-order chi connectivity index (χ1) is 9.67. The van der Waals surface area contributed by atoms with Crippen LogP contribution in [0.15, 0.2) is 30.5 Å². The summed E-state index contributed by atoms with van der Waals surface area (Å²) in [7, 11) is 0. The number of hydrogen-bond donors (Lipinski definition) is 1. The van der Waals surface area contributed by atoms with E-state index in [0.29, 0.717) is 11.6 Å². The second-order valence-corrected chi connectivity index (χ2v) is 6.16. The van der Waals surface area contributed by atoms with Crippen molar-refractivity contribution in [1.29, 1.82) is 0 Å². The predicted octanol–water partition coefficient (Wildman–Crippen LogP) is 3.98. The van der Waals surface area contributed by atoms with Crippen LogP contribution in [0.3, 0.4) is 0 Å². The molecule has 4 heteroatoms. The highest BCUT2D eigenvalue weighted by Gasteiger charge is 2.06. The van der Waals surface area contributed by atoms with Crippen molar-refractivity contribution in [2.45, 2.75) is 39.5 Å². The number of hydrogen-bond acceptors (Lipinski definition) is 3. The van der Waals surface area contributed by atoms with Crippen LogP contribution < -0.4 is 5.32 Å². The van der Waals surface area contributed by atoms with E-state index in [-0.39, 0.29) is 5.91 Å². The molecule has 0 fully saturated rings. The molecule has 0 radical (unpaired) electrons. The summed E-state index contributed by atoms with van der Waals surface area (Å²) in [4.78, 5) is 17.1. The maximum absolute atomic E-state index is 11.9. The van der Waals surface area contributed by atoms with Crippen molar-refractivity contribution < 1.29 is 4.79 Å². The largest absolute Gasteiger partial charge is 0.302 e. The first-order valence-corrected chi connectivity index (χ1v) is 7.79. The zero-order chi connectivity index (χ0) is 14.4. The highest BCUT2D eigenvalue weighted by molar-refractivity contribution is 7.15. The summed E-state index contributed by atoms with van der Waals surface area (Å²) in [6.45, 7) is 4.17. The Hall–Kier alpha value is -1.68. The molecule has 0 atom stereocenters. The van der Waals surface area contributed by atoms with E-state index in [4.69, 9.17) is 0 Å². The van der Waals surface area contributed by atoms with Crippen LogP contribution >= 0.6 is 11.3 Å². The zero-order valence-electron chi connectivity index (χ0n) is 12.0. The summed E-state index contributed by atoms with van der Waals surface area (Å²) in [5, 5.41) is 3.50. The average molecular weight is 288 g/mol. The molecule has 1 aromatic carbocycles. The molecule has 0 aliphatic heterocycles. The number of anilines is 1. The Labute approximate surface area is 124 Å². The monoisotopic (exact) mass is 288 g/mol. The van der Waals surface area contributed by atoms with Crippen LogP contribution in [0.25, 0.3) is 0 Å². The van der Waals surface area contributed by atoms with Crippen molar-refractivity contribution in [2.75, 3.05) is 5.32 Å². The van der Waals surface area contributed by atoms with Gasteiger partial charge in [0.05, 0.1) is 6.42 Å². The summed E-state index contributed by atoms with van der Waals surface area (Å²) in [5.74, 6) is -0.0133. The molecule has 1 N–H and O–H groups in total. The summed E-state index contributed by atoms with van der Waals surface area (Å²) < 4.78 is 0. The number of aryl methyl sites for hydroxylation is 2. The Morgan fingerprint density at radius 2 is 1.95 bits per heavy atom. The number of thiazole rings is 1. The Morgan fingerprint density at radius 3 is 2.55 bits per heavy atom. The van der Waals surface area contributed by atoms with Crippen LogP contribution in [0.5, 0.6) is 0 Å². The topological polar surface area (TPSA) is 42.0 Å². The van der Waals surface area contributed by atoms with E-state index < -0.39 is 0 Å². The van der Waals surface area contributed by atoms with Gasteiger partial charge in [0.15, 0.2) is 5.13 Å². The van der Waals surface area contributed by atoms with E-state index in [1.54, 1.807) is 6.20 Å². The van der Waals surface area contributed by atoms with Crippen molar-refractivity contribution in [2.24, 2.45) is 0 Å². The second kappa shape index (κ2) is 7.20. The molecule has 0 saturated carbocycles. The third-order valence-electron chi connectivity index (χ3n) is 3.07. The molecule has 0 saturated heterocycles. The quantitative estimate of drug-likeness (QED) is 0.873. The van der Waals surface area contributed by atoms with Crippen LogP contribution in [0.1, 0.15) is 35.8 Å². The van der Waals surface area contributed by atoms with Crippen LogP contribution in [0.4, 0.5) is 5.13 Å². The number of aromatic nitrogens is 1. The Bertz CT molecular complexity index is 560. The van der Waals surface area contributed by atoms with Gasteiger partial charge in [-0.25, -0.2) is 4.98 Å². The van der Waals surface area contributed by atoms with Gasteiger partial charge in [-0.3, -0.25) is 4.79 Å². The number of nitrogens with one attached hydrogen (secondary N) is 1. The molecule has 2 rings (SSSR count). The van der Waals surface area contributed by atoms with Crippen molar-refractivity contribution in [3.8, 4) is 0 Å². The van der Waals surface area contributed by atoms with Crippen molar-refractivity contribution in [3.63, 3.8) is 0 Å². The minimum atomic E-state index is -0.0133. The van der Waals surface area contributed by atoms with Gasteiger partial charge in [-0.15, -0.1) is 11.3 Å². The highest BCUT2D eigenvalue weighted by Crippen LogP contribution is 2.17. The molecule has 2 aromatic rings. The lowest BCUT2D eigenvalue weighted by Crippen LogP contribution is -2.14. The van der Waals surface area contributed by atoms with Gasteiger partial charge < -0.3 is 5.32 Å². The van der Waals surface area contributed by atoms with E-state index in [2.05, 4.69) is 29.4 Å². The van der Waals surface area contributed by atoms with Gasteiger partial charge in [-0.05, 0) is 30.9 Å². The lowest BCUT2D eigenvalue weighted by Gasteiger charge is -2.04. The summed E-state index contributed by atoms with van der Waals surface area (Å²) in [6, 6.07) is 8.31. The van der Waals surface area contributed by atoms with Gasteiger partial charge in [-0.1, -0.05) is 37.6 Å². The molecule has 1 heterocycles. The van der Waals surface area contributed by atoms with Crippen molar-refractivity contribution in [1.82, 2.24) is 4.98 Å². The van der Waals surface area contributed by atoms with Gasteiger partial charge in [0.25, 0.3) is 0 Å². The molecule has 0 bridgehead atoms. The molecule has 20 heavy (non-hydrogen) atoms. The number of benzene rings is 1. The SMILES string of the molecule is CCCCc1ccc(CC(=O)Nc2ncc(C)s2)cc1. The Balaban J connectivity index is 1.87. The van der Waals surface area contributed by atoms with Crippen LogP contribution in [-0.2, 0) is 17.6 Å². The lowest BCUT2D eigenvalue weighted by molar-refractivity contribution is -0.115. The maximum Gasteiger partial charge on any atom is 0.230 e. The molecule has 0 aliphatic rings. The summed E-state index contributed by atoms with van der Waals surface area (Å²) in [6.07, 6.45) is 5.69. The Kier molecular flexibility index (Phi) is 5.30. The molecular formula is C16H20N2OS. The van der Waals surface area contributed by atoms with E-state index in [1.807, 2.05) is 19.1 Å². The fourth-order valence-electron chi connectivity index (χ4n) is 1.97. The number of amides is 1. The predicted molar refractivity (Wildman–Crippen MR) is 84.2 cm³/mol. The smallest absolute Gasteiger partial charge is 0.230 e. The highest BCUT2D eigenvalue weighted by atomic mass is 32.1. The number of carbonyl (C=O) groups is 1. The molecule has 3 nitrogen and oxygen atoms in total. The Morgan fingerprint density at radius 1 is 1.25 bits per heavy atom.